The van der Waals surface area contributed by atoms with Crippen molar-refractivity contribution in [3.63, 3.8) is 0 Å². The van der Waals surface area contributed by atoms with Crippen LogP contribution in [0.3, 0.4) is 0 Å². The van der Waals surface area contributed by atoms with Gasteiger partial charge in [-0.25, -0.2) is 0 Å². The molecule has 0 aromatic heterocycles. The van der Waals surface area contributed by atoms with Gasteiger partial charge in [-0.05, 0) is 39.3 Å². The summed E-state index contributed by atoms with van der Waals surface area (Å²) in [7, 11) is 0. The maximum atomic E-state index is 11.8. The maximum Gasteiger partial charge on any atom is 0.222 e. The second-order valence-electron chi connectivity index (χ2n) is 5.84. The molecule has 0 aliphatic carbocycles. The molecule has 0 unspecified atom stereocenters. The Morgan fingerprint density at radius 2 is 2.00 bits per heavy atom. The number of benzene rings is 1. The summed E-state index contributed by atoms with van der Waals surface area (Å²) in [6.45, 7) is 8.42. The molecule has 1 aromatic carbocycles. The second-order valence-corrected chi connectivity index (χ2v) is 6.28. The highest BCUT2D eigenvalue weighted by Crippen LogP contribution is 2.20. The van der Waals surface area contributed by atoms with E-state index in [1.165, 1.54) is 0 Å². The summed E-state index contributed by atoms with van der Waals surface area (Å²) in [5, 5.41) is 6.18. The van der Waals surface area contributed by atoms with Crippen LogP contribution in [0, 0.1) is 6.92 Å². The van der Waals surface area contributed by atoms with E-state index >= 15 is 0 Å². The molecule has 0 atom stereocenters. The molecule has 0 aliphatic rings. The molecule has 1 rings (SSSR count). The minimum absolute atomic E-state index is 0.0236. The lowest BCUT2D eigenvalue weighted by atomic mass is 10.1. The number of hydrogen-bond donors (Lipinski definition) is 3. The van der Waals surface area contributed by atoms with Crippen LogP contribution in [0.1, 0.15) is 38.3 Å². The van der Waals surface area contributed by atoms with Gasteiger partial charge in [-0.2, -0.15) is 0 Å². The van der Waals surface area contributed by atoms with Crippen LogP contribution in [0.4, 0.5) is 5.69 Å². The summed E-state index contributed by atoms with van der Waals surface area (Å²) in [6.07, 6.45) is 0.405. The standard InChI is InChI=1S/C15H23N3OS/c1-10-6-5-7-11(14(16)20)13(10)17-9-8-12(19)18-15(2,3)4/h5-7,17H,8-9H2,1-4H3,(H2,16,20)(H,18,19). The Hall–Kier alpha value is -1.62. The first-order valence-corrected chi connectivity index (χ1v) is 7.06. The van der Waals surface area contributed by atoms with Crippen LogP contribution in [0.15, 0.2) is 18.2 Å². The third-order valence-electron chi connectivity index (χ3n) is 2.71. The Labute approximate surface area is 126 Å². The number of rotatable bonds is 5. The van der Waals surface area contributed by atoms with Crippen molar-refractivity contribution < 1.29 is 4.79 Å². The number of aryl methyl sites for hydroxylation is 1. The topological polar surface area (TPSA) is 67.1 Å². The summed E-state index contributed by atoms with van der Waals surface area (Å²) >= 11 is 5.04. The van der Waals surface area contributed by atoms with Gasteiger partial charge in [0.05, 0.1) is 0 Å². The molecule has 1 aromatic rings. The largest absolute Gasteiger partial charge is 0.389 e. The van der Waals surface area contributed by atoms with Crippen molar-refractivity contribution >= 4 is 28.8 Å². The molecular weight excluding hydrogens is 270 g/mol. The summed E-state index contributed by atoms with van der Waals surface area (Å²) in [4.78, 5) is 12.1. The van der Waals surface area contributed by atoms with Crippen molar-refractivity contribution in [2.45, 2.75) is 39.7 Å². The van der Waals surface area contributed by atoms with Crippen LogP contribution in [0.2, 0.25) is 0 Å². The summed E-state index contributed by atoms with van der Waals surface area (Å²) < 4.78 is 0. The lowest BCUT2D eigenvalue weighted by Crippen LogP contribution is -2.41. The van der Waals surface area contributed by atoms with E-state index < -0.39 is 0 Å². The molecule has 0 saturated heterocycles. The Morgan fingerprint density at radius 3 is 2.55 bits per heavy atom. The number of amides is 1. The normalized spacial score (nSPS) is 11.0. The number of carbonyl (C=O) groups excluding carboxylic acids is 1. The molecule has 20 heavy (non-hydrogen) atoms. The van der Waals surface area contributed by atoms with Gasteiger partial charge in [0.1, 0.15) is 4.99 Å². The fraction of sp³-hybridized carbons (Fsp3) is 0.467. The van der Waals surface area contributed by atoms with E-state index in [-0.39, 0.29) is 11.4 Å². The van der Waals surface area contributed by atoms with Gasteiger partial charge in [0, 0.05) is 29.8 Å². The average molecular weight is 293 g/mol. The van der Waals surface area contributed by atoms with Crippen LogP contribution in [0.25, 0.3) is 0 Å². The van der Waals surface area contributed by atoms with Gasteiger partial charge in [-0.1, -0.05) is 24.4 Å². The lowest BCUT2D eigenvalue weighted by Gasteiger charge is -2.21. The van der Waals surface area contributed by atoms with Gasteiger partial charge in [0.15, 0.2) is 0 Å². The molecule has 4 N–H and O–H groups in total. The van der Waals surface area contributed by atoms with E-state index in [9.17, 15) is 4.79 Å². The Balaban J connectivity index is 2.63. The third kappa shape index (κ3) is 5.17. The molecule has 0 bridgehead atoms. The van der Waals surface area contributed by atoms with Crippen molar-refractivity contribution in [2.24, 2.45) is 5.73 Å². The number of para-hydroxylation sites is 1. The monoisotopic (exact) mass is 293 g/mol. The summed E-state index contributed by atoms with van der Waals surface area (Å²) in [5.74, 6) is 0.0236. The van der Waals surface area contributed by atoms with E-state index in [4.69, 9.17) is 18.0 Å². The highest BCUT2D eigenvalue weighted by Gasteiger charge is 2.13. The molecular formula is C15H23N3OS. The van der Waals surface area contributed by atoms with Gasteiger partial charge in [-0.3, -0.25) is 4.79 Å². The summed E-state index contributed by atoms with van der Waals surface area (Å²) in [6, 6.07) is 5.79. The molecule has 0 heterocycles. The SMILES string of the molecule is Cc1cccc(C(N)=S)c1NCCC(=O)NC(C)(C)C. The predicted octanol–water partition coefficient (Wildman–Crippen LogP) is 2.35. The zero-order chi connectivity index (χ0) is 15.3. The van der Waals surface area contributed by atoms with Crippen LogP contribution in [-0.4, -0.2) is 23.0 Å². The molecule has 5 heteroatoms. The number of nitrogens with one attached hydrogen (secondary N) is 2. The van der Waals surface area contributed by atoms with Crippen LogP contribution in [0.5, 0.6) is 0 Å². The highest BCUT2D eigenvalue weighted by atomic mass is 32.1. The number of thiocarbonyl (C=S) groups is 1. The van der Waals surface area contributed by atoms with Crippen LogP contribution >= 0.6 is 12.2 Å². The van der Waals surface area contributed by atoms with Crippen LogP contribution in [-0.2, 0) is 4.79 Å². The molecule has 4 nitrogen and oxygen atoms in total. The van der Waals surface area contributed by atoms with Crippen molar-refractivity contribution in [2.75, 3.05) is 11.9 Å². The second kappa shape index (κ2) is 6.70. The first-order chi connectivity index (χ1) is 9.20. The minimum atomic E-state index is -0.205. The quantitative estimate of drug-likeness (QED) is 0.729. The predicted molar refractivity (Wildman–Crippen MR) is 88.1 cm³/mol. The zero-order valence-corrected chi connectivity index (χ0v) is 13.4. The van der Waals surface area contributed by atoms with Gasteiger partial charge >= 0.3 is 0 Å². The van der Waals surface area contributed by atoms with E-state index in [1.54, 1.807) is 0 Å². The Kier molecular flexibility index (Phi) is 5.51. The van der Waals surface area contributed by atoms with Crippen molar-refractivity contribution in [3.8, 4) is 0 Å². The van der Waals surface area contributed by atoms with E-state index in [0.29, 0.717) is 18.0 Å². The number of anilines is 1. The summed E-state index contributed by atoms with van der Waals surface area (Å²) in [5.41, 5.74) is 8.29. The number of carbonyl (C=O) groups is 1. The molecule has 110 valence electrons. The molecule has 0 aliphatic heterocycles. The van der Waals surface area contributed by atoms with Crippen LogP contribution < -0.4 is 16.4 Å². The Morgan fingerprint density at radius 1 is 1.35 bits per heavy atom. The molecule has 1 amide bonds. The van der Waals surface area contributed by atoms with Crippen molar-refractivity contribution in [1.82, 2.24) is 5.32 Å². The molecule has 0 spiro atoms. The van der Waals surface area contributed by atoms with Gasteiger partial charge < -0.3 is 16.4 Å². The van der Waals surface area contributed by atoms with Gasteiger partial charge in [0.2, 0.25) is 5.91 Å². The molecule has 0 fully saturated rings. The smallest absolute Gasteiger partial charge is 0.222 e. The molecule has 0 radical (unpaired) electrons. The number of nitrogens with two attached hydrogens (primary N) is 1. The average Bonchev–Trinajstić information content (AvgIpc) is 2.28. The fourth-order valence-corrected chi connectivity index (χ4v) is 2.06. The van der Waals surface area contributed by atoms with Crippen molar-refractivity contribution in [1.29, 1.82) is 0 Å². The van der Waals surface area contributed by atoms with E-state index in [1.807, 2.05) is 45.9 Å². The fourth-order valence-electron chi connectivity index (χ4n) is 1.89. The van der Waals surface area contributed by atoms with Crippen molar-refractivity contribution in [3.05, 3.63) is 29.3 Å². The van der Waals surface area contributed by atoms with Gasteiger partial charge in [-0.15, -0.1) is 0 Å². The highest BCUT2D eigenvalue weighted by molar-refractivity contribution is 7.80. The lowest BCUT2D eigenvalue weighted by molar-refractivity contribution is -0.122. The Bertz CT molecular complexity index is 506. The van der Waals surface area contributed by atoms with E-state index in [2.05, 4.69) is 10.6 Å². The third-order valence-corrected chi connectivity index (χ3v) is 2.93. The molecule has 0 saturated carbocycles. The zero-order valence-electron chi connectivity index (χ0n) is 12.5. The number of hydrogen-bond acceptors (Lipinski definition) is 3. The van der Waals surface area contributed by atoms with E-state index in [0.717, 1.165) is 16.8 Å². The first kappa shape index (κ1) is 16.4. The maximum absolute atomic E-state index is 11.8. The minimum Gasteiger partial charge on any atom is -0.389 e. The first-order valence-electron chi connectivity index (χ1n) is 6.65. The van der Waals surface area contributed by atoms with Gasteiger partial charge in [0.25, 0.3) is 0 Å².